The molecule has 0 aliphatic rings. The molecule has 2 rings (SSSR count). The molecule has 120 valence electrons. The quantitative estimate of drug-likeness (QED) is 0.359. The van der Waals surface area contributed by atoms with E-state index in [1.165, 1.54) is 12.1 Å². The molecular weight excluding hydrogens is 378 g/mol. The van der Waals surface area contributed by atoms with Crippen LogP contribution in [-0.4, -0.2) is 15.9 Å². The Labute approximate surface area is 145 Å². The normalized spacial score (nSPS) is 10.8. The molecule has 0 saturated heterocycles. The zero-order chi connectivity index (χ0) is 17.7. The van der Waals surface area contributed by atoms with Gasteiger partial charge >= 0.3 is 5.69 Å². The lowest BCUT2D eigenvalue weighted by molar-refractivity contribution is -0.385. The first-order valence-corrected chi connectivity index (χ1v) is 7.36. The standard InChI is InChI=1S/C16H10BrN3O4/c17-12-2-1-3-13(8-12)19-16(22)11(9-18)6-10-4-5-15(21)14(7-10)20(23)24/h1-8,21H,(H,19,22)/b11-6+. The Bertz CT molecular complexity index is 887. The molecule has 0 bridgehead atoms. The number of aromatic hydroxyl groups is 1. The van der Waals surface area contributed by atoms with Crippen LogP contribution in [0.3, 0.4) is 0 Å². The van der Waals surface area contributed by atoms with Crippen molar-refractivity contribution in [1.29, 1.82) is 5.26 Å². The van der Waals surface area contributed by atoms with Crippen molar-refractivity contribution in [2.45, 2.75) is 0 Å². The third-order valence-corrected chi connectivity index (χ3v) is 3.45. The van der Waals surface area contributed by atoms with Crippen LogP contribution in [0.2, 0.25) is 0 Å². The Morgan fingerprint density at radius 1 is 1.33 bits per heavy atom. The summed E-state index contributed by atoms with van der Waals surface area (Å²) < 4.78 is 0.761. The fourth-order valence-corrected chi connectivity index (χ4v) is 2.26. The van der Waals surface area contributed by atoms with E-state index in [-0.39, 0.29) is 11.1 Å². The van der Waals surface area contributed by atoms with Gasteiger partial charge in [0.2, 0.25) is 0 Å². The molecule has 2 N–H and O–H groups in total. The van der Waals surface area contributed by atoms with Gasteiger partial charge in [0.05, 0.1) is 4.92 Å². The molecule has 0 radical (unpaired) electrons. The number of benzene rings is 2. The van der Waals surface area contributed by atoms with E-state index in [9.17, 15) is 20.0 Å². The zero-order valence-electron chi connectivity index (χ0n) is 12.1. The van der Waals surface area contributed by atoms with Crippen molar-refractivity contribution < 1.29 is 14.8 Å². The van der Waals surface area contributed by atoms with Crippen LogP contribution in [0.4, 0.5) is 11.4 Å². The van der Waals surface area contributed by atoms with Gasteiger partial charge in [-0.2, -0.15) is 5.26 Å². The fraction of sp³-hybridized carbons (Fsp3) is 0. The number of phenolic OH excluding ortho intramolecular Hbond substituents is 1. The number of hydrogen-bond donors (Lipinski definition) is 2. The summed E-state index contributed by atoms with van der Waals surface area (Å²) in [5, 5.41) is 31.9. The van der Waals surface area contributed by atoms with Gasteiger partial charge in [-0.05, 0) is 35.9 Å². The summed E-state index contributed by atoms with van der Waals surface area (Å²) in [5.74, 6) is -1.14. The first-order valence-electron chi connectivity index (χ1n) is 6.57. The molecule has 7 nitrogen and oxygen atoms in total. The van der Waals surface area contributed by atoms with Gasteiger partial charge in [0.25, 0.3) is 5.91 Å². The first-order chi connectivity index (χ1) is 11.4. The van der Waals surface area contributed by atoms with E-state index >= 15 is 0 Å². The van der Waals surface area contributed by atoms with Gasteiger partial charge in [-0.15, -0.1) is 0 Å². The molecule has 1 amide bonds. The van der Waals surface area contributed by atoms with E-state index in [1.807, 2.05) is 0 Å². The van der Waals surface area contributed by atoms with Crippen LogP contribution in [0.15, 0.2) is 52.5 Å². The maximum Gasteiger partial charge on any atom is 0.311 e. The van der Waals surface area contributed by atoms with E-state index in [0.717, 1.165) is 16.6 Å². The third kappa shape index (κ3) is 4.18. The Morgan fingerprint density at radius 2 is 2.08 bits per heavy atom. The predicted molar refractivity (Wildman–Crippen MR) is 91.1 cm³/mol. The molecule has 0 aliphatic heterocycles. The van der Waals surface area contributed by atoms with E-state index in [0.29, 0.717) is 5.69 Å². The van der Waals surface area contributed by atoms with Crippen LogP contribution in [0.5, 0.6) is 5.75 Å². The number of amides is 1. The first kappa shape index (κ1) is 17.2. The Balaban J connectivity index is 2.29. The lowest BCUT2D eigenvalue weighted by Crippen LogP contribution is -2.13. The predicted octanol–water partition coefficient (Wildman–Crippen LogP) is 3.61. The van der Waals surface area contributed by atoms with Gasteiger partial charge in [0.1, 0.15) is 11.6 Å². The molecule has 0 fully saturated rings. The highest BCUT2D eigenvalue weighted by atomic mass is 79.9. The highest BCUT2D eigenvalue weighted by Gasteiger charge is 2.15. The van der Waals surface area contributed by atoms with Gasteiger partial charge in [0, 0.05) is 16.2 Å². The SMILES string of the molecule is N#C/C(=C\c1ccc(O)c([N+](=O)[O-])c1)C(=O)Nc1cccc(Br)c1. The highest BCUT2D eigenvalue weighted by molar-refractivity contribution is 9.10. The zero-order valence-corrected chi connectivity index (χ0v) is 13.6. The van der Waals surface area contributed by atoms with Crippen molar-refractivity contribution in [2.24, 2.45) is 0 Å². The average Bonchev–Trinajstić information content (AvgIpc) is 2.53. The molecule has 0 aromatic heterocycles. The summed E-state index contributed by atoms with van der Waals surface area (Å²) in [6.07, 6.45) is 1.21. The molecule has 0 aliphatic carbocycles. The number of carbonyl (C=O) groups is 1. The van der Waals surface area contributed by atoms with Crippen molar-refractivity contribution in [1.82, 2.24) is 0 Å². The number of nitrogens with zero attached hydrogens (tertiary/aromatic N) is 2. The van der Waals surface area contributed by atoms with Crippen LogP contribution in [0, 0.1) is 21.4 Å². The van der Waals surface area contributed by atoms with Crippen molar-refractivity contribution in [2.75, 3.05) is 5.32 Å². The van der Waals surface area contributed by atoms with E-state index < -0.39 is 22.3 Å². The largest absolute Gasteiger partial charge is 0.502 e. The molecule has 0 saturated carbocycles. The second-order valence-corrected chi connectivity index (χ2v) is 5.56. The number of anilines is 1. The minimum atomic E-state index is -0.750. The van der Waals surface area contributed by atoms with Crippen molar-refractivity contribution in [3.63, 3.8) is 0 Å². The van der Waals surface area contributed by atoms with Gasteiger partial charge < -0.3 is 10.4 Å². The Hall–Kier alpha value is -3.18. The smallest absolute Gasteiger partial charge is 0.311 e. The number of halogens is 1. The summed E-state index contributed by atoms with van der Waals surface area (Å²) in [5.41, 5.74) is 0.0102. The highest BCUT2D eigenvalue weighted by Crippen LogP contribution is 2.27. The number of nitriles is 1. The second kappa shape index (κ2) is 7.39. The number of carbonyl (C=O) groups excluding carboxylic acids is 1. The number of hydrogen-bond acceptors (Lipinski definition) is 5. The summed E-state index contributed by atoms with van der Waals surface area (Å²) in [4.78, 5) is 22.2. The molecule has 8 heteroatoms. The van der Waals surface area contributed by atoms with E-state index in [1.54, 1.807) is 30.3 Å². The summed E-state index contributed by atoms with van der Waals surface area (Å²) >= 11 is 3.27. The molecule has 24 heavy (non-hydrogen) atoms. The van der Waals surface area contributed by atoms with Crippen LogP contribution in [0.25, 0.3) is 6.08 Å². The monoisotopic (exact) mass is 387 g/mol. The number of nitro groups is 1. The summed E-state index contributed by atoms with van der Waals surface area (Å²) in [7, 11) is 0. The molecule has 0 atom stereocenters. The molecule has 0 heterocycles. The number of nitrogens with one attached hydrogen (secondary N) is 1. The van der Waals surface area contributed by atoms with Crippen molar-refractivity contribution in [3.8, 4) is 11.8 Å². The number of nitro benzene ring substituents is 1. The Morgan fingerprint density at radius 3 is 2.71 bits per heavy atom. The molecule has 0 spiro atoms. The molecule has 0 unspecified atom stereocenters. The third-order valence-electron chi connectivity index (χ3n) is 2.95. The minimum Gasteiger partial charge on any atom is -0.502 e. The summed E-state index contributed by atoms with van der Waals surface area (Å²) in [6, 6.07) is 12.2. The van der Waals surface area contributed by atoms with Gasteiger partial charge in [-0.25, -0.2) is 0 Å². The van der Waals surface area contributed by atoms with E-state index in [2.05, 4.69) is 21.2 Å². The molecule has 2 aromatic carbocycles. The van der Waals surface area contributed by atoms with Gasteiger partial charge in [0.15, 0.2) is 5.75 Å². The topological polar surface area (TPSA) is 116 Å². The summed E-state index contributed by atoms with van der Waals surface area (Å²) in [6.45, 7) is 0. The number of phenols is 1. The second-order valence-electron chi connectivity index (χ2n) is 4.64. The van der Waals surface area contributed by atoms with Gasteiger partial charge in [-0.3, -0.25) is 14.9 Å². The lowest BCUT2D eigenvalue weighted by atomic mass is 10.1. The maximum atomic E-state index is 12.1. The lowest BCUT2D eigenvalue weighted by Gasteiger charge is -2.05. The number of rotatable bonds is 4. The average molecular weight is 388 g/mol. The molecular formula is C16H10BrN3O4. The van der Waals surface area contributed by atoms with Crippen molar-refractivity contribution in [3.05, 3.63) is 68.2 Å². The van der Waals surface area contributed by atoms with E-state index in [4.69, 9.17) is 5.26 Å². The van der Waals surface area contributed by atoms with Crippen molar-refractivity contribution >= 4 is 39.3 Å². The van der Waals surface area contributed by atoms with Crippen LogP contribution >= 0.6 is 15.9 Å². The van der Waals surface area contributed by atoms with Crippen LogP contribution < -0.4 is 5.32 Å². The van der Waals surface area contributed by atoms with Crippen LogP contribution in [-0.2, 0) is 4.79 Å². The van der Waals surface area contributed by atoms with Crippen LogP contribution in [0.1, 0.15) is 5.56 Å². The van der Waals surface area contributed by atoms with Gasteiger partial charge in [-0.1, -0.05) is 28.1 Å². The molecule has 2 aromatic rings. The fourth-order valence-electron chi connectivity index (χ4n) is 1.86. The minimum absolute atomic E-state index is 0.227. The maximum absolute atomic E-state index is 12.1. The Kier molecular flexibility index (Phi) is 5.29.